The Hall–Kier alpha value is -3.39. The fourth-order valence-corrected chi connectivity index (χ4v) is 3.95. The molecule has 0 amide bonds. The van der Waals surface area contributed by atoms with E-state index in [4.69, 9.17) is 8.83 Å². The third kappa shape index (κ3) is 4.18. The number of Topliss-reactive ketones (excluding diaryl/α,β-unsaturated/α-hetero) is 2. The zero-order valence-corrected chi connectivity index (χ0v) is 18.7. The maximum absolute atomic E-state index is 13.2. The van der Waals surface area contributed by atoms with Crippen molar-refractivity contribution in [2.45, 2.75) is 46.2 Å². The Kier molecular flexibility index (Phi) is 6.14. The van der Waals surface area contributed by atoms with E-state index in [1.807, 2.05) is 0 Å². The van der Waals surface area contributed by atoms with Crippen LogP contribution in [0.25, 0.3) is 22.9 Å². The van der Waals surface area contributed by atoms with E-state index in [0.717, 1.165) is 0 Å². The van der Waals surface area contributed by atoms with Crippen molar-refractivity contribution in [3.05, 3.63) is 48.2 Å². The second-order valence-electron chi connectivity index (χ2n) is 8.26. The number of hydrogen-bond acceptors (Lipinski definition) is 8. The second-order valence-corrected chi connectivity index (χ2v) is 8.26. The number of rotatable bonds is 7. The number of nitrogens with zero attached hydrogens (tertiary/aromatic N) is 4. The number of ketones is 2. The van der Waals surface area contributed by atoms with Crippen LogP contribution in [0.1, 0.15) is 55.1 Å². The van der Waals surface area contributed by atoms with Crippen LogP contribution < -0.4 is 0 Å². The number of furan rings is 2. The van der Waals surface area contributed by atoms with Gasteiger partial charge in [-0.05, 0) is 52.0 Å². The van der Waals surface area contributed by atoms with Crippen molar-refractivity contribution in [2.24, 2.45) is 4.99 Å². The van der Waals surface area contributed by atoms with Crippen molar-refractivity contribution >= 4 is 17.3 Å². The molecule has 0 saturated heterocycles. The quantitative estimate of drug-likeness (QED) is 0.545. The zero-order chi connectivity index (χ0) is 22.8. The van der Waals surface area contributed by atoms with Gasteiger partial charge in [-0.1, -0.05) is 0 Å². The van der Waals surface area contributed by atoms with E-state index in [0.29, 0.717) is 48.1 Å². The van der Waals surface area contributed by atoms with E-state index in [1.165, 1.54) is 12.5 Å². The van der Waals surface area contributed by atoms with Crippen LogP contribution in [-0.2, 0) is 0 Å². The Morgan fingerprint density at radius 3 is 1.97 bits per heavy atom. The molecule has 1 aliphatic carbocycles. The lowest BCUT2D eigenvalue weighted by Gasteiger charge is -2.29. The number of hydrogen-bond donors (Lipinski definition) is 0. The third-order valence-electron chi connectivity index (χ3n) is 5.46. The van der Waals surface area contributed by atoms with Crippen molar-refractivity contribution in [3.8, 4) is 22.9 Å². The number of carbonyl (C=O) groups excluding carboxylic acids is 2. The normalized spacial score (nSPS) is 15.4. The van der Waals surface area contributed by atoms with E-state index < -0.39 is 0 Å². The SMILES string of the molecule is CC(C)N(CCN=C1CC(=O)c2nc(-c3ccco3)c(-c3ccco3)nc2C1=O)C(C)C. The Morgan fingerprint density at radius 2 is 1.47 bits per heavy atom. The van der Waals surface area contributed by atoms with E-state index in [9.17, 15) is 9.59 Å². The Morgan fingerprint density at radius 1 is 0.906 bits per heavy atom. The lowest BCUT2D eigenvalue weighted by molar-refractivity contribution is 0.0957. The van der Waals surface area contributed by atoms with E-state index in [2.05, 4.69) is 47.6 Å². The zero-order valence-electron chi connectivity index (χ0n) is 18.7. The van der Waals surface area contributed by atoms with Crippen LogP contribution in [0.3, 0.4) is 0 Å². The van der Waals surface area contributed by atoms with Crippen molar-refractivity contribution in [2.75, 3.05) is 13.1 Å². The van der Waals surface area contributed by atoms with Gasteiger partial charge in [-0.25, -0.2) is 9.97 Å². The van der Waals surface area contributed by atoms with Gasteiger partial charge in [0.25, 0.3) is 0 Å². The highest BCUT2D eigenvalue weighted by Gasteiger charge is 2.34. The molecule has 0 unspecified atom stereocenters. The first-order chi connectivity index (χ1) is 15.4. The van der Waals surface area contributed by atoms with Gasteiger partial charge >= 0.3 is 0 Å². The van der Waals surface area contributed by atoms with Gasteiger partial charge in [-0.3, -0.25) is 19.5 Å². The summed E-state index contributed by atoms with van der Waals surface area (Å²) in [5, 5.41) is 0. The number of aromatic nitrogens is 2. The minimum Gasteiger partial charge on any atom is -0.463 e. The molecular weight excluding hydrogens is 408 g/mol. The Balaban J connectivity index is 1.69. The monoisotopic (exact) mass is 434 g/mol. The molecule has 0 bridgehead atoms. The standard InChI is InChI=1S/C24H26N4O4/c1-14(2)28(15(3)4)10-9-25-16-13-17(29)20-23(24(16)30)27-22(19-8-6-12-32-19)21(26-20)18-7-5-11-31-18/h5-8,11-12,14-15H,9-10,13H2,1-4H3. The fraction of sp³-hybridized carbons (Fsp3) is 0.375. The summed E-state index contributed by atoms with van der Waals surface area (Å²) in [4.78, 5) is 41.8. The molecule has 0 atom stereocenters. The lowest BCUT2D eigenvalue weighted by Crippen LogP contribution is -2.39. The van der Waals surface area contributed by atoms with Crippen molar-refractivity contribution in [3.63, 3.8) is 0 Å². The summed E-state index contributed by atoms with van der Waals surface area (Å²) in [6.45, 7) is 9.64. The summed E-state index contributed by atoms with van der Waals surface area (Å²) in [5.41, 5.74) is 0.972. The molecule has 166 valence electrons. The molecule has 0 N–H and O–H groups in total. The van der Waals surface area contributed by atoms with Gasteiger partial charge in [0, 0.05) is 18.6 Å². The molecule has 0 spiro atoms. The smallest absolute Gasteiger partial charge is 0.227 e. The average molecular weight is 434 g/mol. The minimum absolute atomic E-state index is 0.00582. The first-order valence-electron chi connectivity index (χ1n) is 10.7. The summed E-state index contributed by atoms with van der Waals surface area (Å²) in [5.74, 6) is 0.218. The molecule has 1 aliphatic rings. The topological polar surface area (TPSA) is 102 Å². The maximum atomic E-state index is 13.2. The molecular formula is C24H26N4O4. The summed E-state index contributed by atoms with van der Waals surface area (Å²) >= 11 is 0. The molecule has 3 aromatic rings. The number of aliphatic imine (C=N–C) groups is 1. The molecule has 32 heavy (non-hydrogen) atoms. The highest BCUT2D eigenvalue weighted by molar-refractivity contribution is 6.52. The molecule has 3 aromatic heterocycles. The first-order valence-corrected chi connectivity index (χ1v) is 10.7. The van der Waals surface area contributed by atoms with Gasteiger partial charge in [-0.15, -0.1) is 0 Å². The van der Waals surface area contributed by atoms with E-state index in [-0.39, 0.29) is 35.1 Å². The third-order valence-corrected chi connectivity index (χ3v) is 5.46. The highest BCUT2D eigenvalue weighted by Crippen LogP contribution is 2.32. The van der Waals surface area contributed by atoms with E-state index >= 15 is 0 Å². The van der Waals surface area contributed by atoms with Gasteiger partial charge in [-0.2, -0.15) is 0 Å². The lowest BCUT2D eigenvalue weighted by atomic mass is 9.95. The molecule has 3 heterocycles. The van der Waals surface area contributed by atoms with Crippen LogP contribution in [0.4, 0.5) is 0 Å². The summed E-state index contributed by atoms with van der Waals surface area (Å²) in [6.07, 6.45) is 2.94. The highest BCUT2D eigenvalue weighted by atomic mass is 16.3. The molecule has 0 aliphatic heterocycles. The largest absolute Gasteiger partial charge is 0.463 e. The average Bonchev–Trinajstić information content (AvgIpc) is 3.47. The summed E-state index contributed by atoms with van der Waals surface area (Å²) in [6, 6.07) is 7.61. The van der Waals surface area contributed by atoms with Crippen molar-refractivity contribution < 1.29 is 18.4 Å². The van der Waals surface area contributed by atoms with E-state index in [1.54, 1.807) is 24.3 Å². The predicted octanol–water partition coefficient (Wildman–Crippen LogP) is 4.33. The van der Waals surface area contributed by atoms with Crippen LogP contribution in [-0.4, -0.2) is 57.3 Å². The van der Waals surface area contributed by atoms with Crippen LogP contribution in [0.5, 0.6) is 0 Å². The van der Waals surface area contributed by atoms with Gasteiger partial charge in [0.05, 0.1) is 31.2 Å². The van der Waals surface area contributed by atoms with Crippen LogP contribution in [0, 0.1) is 0 Å². The second kappa shape index (κ2) is 9.00. The molecule has 0 aromatic carbocycles. The number of fused-ring (bicyclic) bond motifs is 1. The Bertz CT molecular complexity index is 1140. The fourth-order valence-electron chi connectivity index (χ4n) is 3.95. The first kappa shape index (κ1) is 21.8. The molecule has 0 saturated carbocycles. The predicted molar refractivity (Wildman–Crippen MR) is 120 cm³/mol. The summed E-state index contributed by atoms with van der Waals surface area (Å²) in [7, 11) is 0. The van der Waals surface area contributed by atoms with Gasteiger partial charge < -0.3 is 8.83 Å². The van der Waals surface area contributed by atoms with Crippen molar-refractivity contribution in [1.82, 2.24) is 14.9 Å². The number of carbonyl (C=O) groups is 2. The van der Waals surface area contributed by atoms with Crippen LogP contribution >= 0.6 is 0 Å². The minimum atomic E-state index is -0.369. The molecule has 0 fully saturated rings. The maximum Gasteiger partial charge on any atom is 0.227 e. The molecule has 4 rings (SSSR count). The van der Waals surface area contributed by atoms with Crippen molar-refractivity contribution in [1.29, 1.82) is 0 Å². The molecule has 0 radical (unpaired) electrons. The van der Waals surface area contributed by atoms with Gasteiger partial charge in [0.1, 0.15) is 22.8 Å². The Labute approximate surface area is 186 Å². The summed E-state index contributed by atoms with van der Waals surface area (Å²) < 4.78 is 11.0. The van der Waals surface area contributed by atoms with Crippen LogP contribution in [0.15, 0.2) is 50.6 Å². The van der Waals surface area contributed by atoms with Gasteiger partial charge in [0.2, 0.25) is 5.78 Å². The molecule has 8 heteroatoms. The van der Waals surface area contributed by atoms with Crippen LogP contribution in [0.2, 0.25) is 0 Å². The molecule has 8 nitrogen and oxygen atoms in total. The van der Waals surface area contributed by atoms with Gasteiger partial charge in [0.15, 0.2) is 17.3 Å².